The predicted molar refractivity (Wildman–Crippen MR) is 120 cm³/mol. The van der Waals surface area contributed by atoms with Crippen molar-refractivity contribution < 1.29 is 26.9 Å². The standard InChI is InChI=1S/C21H23F3N6O3S/c1-20(2)18(25)30-21(3,14-8-9-27-34(14,20)32)16-12(22)5-7-15(28-16)29-17(31)13-6-4-11(10-26-13)33-19(23)24/h4-7,10,14,19H,8-9H2,1-3H3,(H2,25,30)(H,28,29,31)/t14-,21-,34-/m0/s1. The zero-order chi connectivity index (χ0) is 24.9. The van der Waals surface area contributed by atoms with E-state index in [0.29, 0.717) is 13.0 Å². The molecule has 0 radical (unpaired) electrons. The molecule has 9 nitrogen and oxygen atoms in total. The number of alkyl halides is 2. The van der Waals surface area contributed by atoms with Crippen molar-refractivity contribution in [1.29, 1.82) is 0 Å². The first-order valence-corrected chi connectivity index (χ1v) is 11.9. The number of nitrogens with two attached hydrogens (primary N) is 1. The minimum atomic E-state index is -3.02. The van der Waals surface area contributed by atoms with Crippen molar-refractivity contribution in [1.82, 2.24) is 9.97 Å². The molecular weight excluding hydrogens is 473 g/mol. The van der Waals surface area contributed by atoms with E-state index in [1.54, 1.807) is 20.8 Å². The number of nitrogens with one attached hydrogen (secondary N) is 1. The van der Waals surface area contributed by atoms with Crippen LogP contribution in [0.3, 0.4) is 0 Å². The van der Waals surface area contributed by atoms with Crippen LogP contribution in [0.1, 0.15) is 43.4 Å². The van der Waals surface area contributed by atoms with E-state index >= 15 is 4.39 Å². The van der Waals surface area contributed by atoms with Gasteiger partial charge in [0, 0.05) is 6.54 Å². The average molecular weight is 497 g/mol. The Hall–Kier alpha value is -3.22. The first-order valence-electron chi connectivity index (χ1n) is 10.3. The van der Waals surface area contributed by atoms with Crippen molar-refractivity contribution in [3.8, 4) is 5.75 Å². The largest absolute Gasteiger partial charge is 0.433 e. The number of hydrogen-bond donors (Lipinski definition) is 2. The van der Waals surface area contributed by atoms with E-state index in [1.807, 2.05) is 0 Å². The molecule has 1 amide bonds. The molecule has 4 rings (SSSR count). The molecule has 0 unspecified atom stereocenters. The maximum absolute atomic E-state index is 15.0. The predicted octanol–water partition coefficient (Wildman–Crippen LogP) is 3.07. The Kier molecular flexibility index (Phi) is 5.78. The van der Waals surface area contributed by atoms with Gasteiger partial charge in [0.2, 0.25) is 0 Å². The lowest BCUT2D eigenvalue weighted by molar-refractivity contribution is -0.0500. The molecule has 3 atom stereocenters. The summed E-state index contributed by atoms with van der Waals surface area (Å²) in [4.78, 5) is 25.2. The third kappa shape index (κ3) is 3.77. The molecule has 0 aliphatic carbocycles. The van der Waals surface area contributed by atoms with E-state index in [0.717, 1.165) is 12.3 Å². The summed E-state index contributed by atoms with van der Waals surface area (Å²) < 4.78 is 61.0. The summed E-state index contributed by atoms with van der Waals surface area (Å²) in [5, 5.41) is 1.87. The minimum absolute atomic E-state index is 0.00243. The van der Waals surface area contributed by atoms with Gasteiger partial charge in [-0.15, -0.1) is 0 Å². The highest BCUT2D eigenvalue weighted by Gasteiger charge is 2.57. The molecule has 4 heterocycles. The van der Waals surface area contributed by atoms with Gasteiger partial charge < -0.3 is 15.8 Å². The van der Waals surface area contributed by atoms with Crippen LogP contribution in [-0.2, 0) is 15.3 Å². The van der Waals surface area contributed by atoms with Crippen LogP contribution in [0, 0.1) is 5.82 Å². The highest BCUT2D eigenvalue weighted by molar-refractivity contribution is 7.96. The number of carbonyl (C=O) groups is 1. The summed E-state index contributed by atoms with van der Waals surface area (Å²) in [6.45, 7) is 2.34. The average Bonchev–Trinajstić information content (AvgIpc) is 3.18. The second-order valence-electron chi connectivity index (χ2n) is 8.59. The number of rotatable bonds is 5. The van der Waals surface area contributed by atoms with E-state index in [1.165, 1.54) is 18.2 Å². The first kappa shape index (κ1) is 23.9. The van der Waals surface area contributed by atoms with Crippen LogP contribution in [0.2, 0.25) is 0 Å². The molecule has 3 N–H and O–H groups in total. The summed E-state index contributed by atoms with van der Waals surface area (Å²) >= 11 is 0. The maximum atomic E-state index is 15.0. The van der Waals surface area contributed by atoms with E-state index in [-0.39, 0.29) is 28.8 Å². The molecule has 0 aromatic carbocycles. The first-order chi connectivity index (χ1) is 15.9. The Labute approximate surface area is 194 Å². The van der Waals surface area contributed by atoms with Gasteiger partial charge in [-0.2, -0.15) is 8.78 Å². The molecule has 0 saturated carbocycles. The summed E-state index contributed by atoms with van der Waals surface area (Å²) in [6, 6.07) is 4.74. The number of amides is 1. The summed E-state index contributed by atoms with van der Waals surface area (Å²) in [7, 11) is -2.89. The highest BCUT2D eigenvalue weighted by atomic mass is 32.2. The van der Waals surface area contributed by atoms with Gasteiger partial charge >= 0.3 is 6.61 Å². The van der Waals surface area contributed by atoms with Crippen LogP contribution in [-0.4, -0.2) is 49.1 Å². The fourth-order valence-electron chi connectivity index (χ4n) is 4.21. The molecule has 2 aliphatic rings. The van der Waals surface area contributed by atoms with E-state index in [9.17, 15) is 17.8 Å². The van der Waals surface area contributed by atoms with Gasteiger partial charge in [-0.05, 0) is 51.5 Å². The third-order valence-electron chi connectivity index (χ3n) is 6.15. The second-order valence-corrected chi connectivity index (χ2v) is 11.6. The van der Waals surface area contributed by atoms with Gasteiger partial charge in [-0.25, -0.2) is 22.9 Å². The molecule has 182 valence electrons. The minimum Gasteiger partial charge on any atom is -0.433 e. The summed E-state index contributed by atoms with van der Waals surface area (Å²) in [5.41, 5.74) is 4.60. The van der Waals surface area contributed by atoms with Crippen LogP contribution < -0.4 is 15.8 Å². The quantitative estimate of drug-likeness (QED) is 0.654. The lowest BCUT2D eigenvalue weighted by atomic mass is 9.89. The number of nitrogens with zero attached hydrogens (tertiary/aromatic N) is 4. The van der Waals surface area contributed by atoms with Gasteiger partial charge in [0.05, 0.1) is 21.2 Å². The van der Waals surface area contributed by atoms with E-state index < -0.39 is 43.6 Å². The monoisotopic (exact) mass is 496 g/mol. The summed E-state index contributed by atoms with van der Waals surface area (Å²) in [6.07, 6.45) is 1.40. The highest BCUT2D eigenvalue weighted by Crippen LogP contribution is 2.47. The fraction of sp³-hybridized carbons (Fsp3) is 0.429. The topological polar surface area (TPSA) is 132 Å². The van der Waals surface area contributed by atoms with Crippen LogP contribution in [0.4, 0.5) is 19.0 Å². The SMILES string of the molecule is CC1(C)C(N)=N[C@](C)(c2nc(NC(=O)c3ccc(OC(F)F)cn3)ccc2F)[C@@H]2CCN=[S@]21=O. The van der Waals surface area contributed by atoms with Crippen molar-refractivity contribution in [3.05, 3.63) is 47.7 Å². The Morgan fingerprint density at radius 1 is 1.26 bits per heavy atom. The molecule has 0 spiro atoms. The lowest BCUT2D eigenvalue weighted by Crippen LogP contribution is -2.58. The van der Waals surface area contributed by atoms with E-state index in [2.05, 4.69) is 29.4 Å². The fourth-order valence-corrected chi connectivity index (χ4v) is 7.36. The Morgan fingerprint density at radius 2 is 2.00 bits per heavy atom. The second kappa shape index (κ2) is 8.22. The number of carbonyl (C=O) groups excluding carboxylic acids is 1. The molecule has 0 saturated heterocycles. The zero-order valence-electron chi connectivity index (χ0n) is 18.6. The number of halogens is 3. The number of aliphatic imine (C=N–C) groups is 1. The van der Waals surface area contributed by atoms with Crippen molar-refractivity contribution in [2.45, 2.75) is 49.3 Å². The van der Waals surface area contributed by atoms with Crippen LogP contribution in [0.25, 0.3) is 0 Å². The third-order valence-corrected chi connectivity index (χ3v) is 9.85. The molecule has 0 fully saturated rings. The van der Waals surface area contributed by atoms with Crippen LogP contribution in [0.15, 0.2) is 39.8 Å². The van der Waals surface area contributed by atoms with Crippen molar-refractivity contribution >= 4 is 27.3 Å². The molecule has 13 heteroatoms. The molecule has 0 bridgehead atoms. The molecule has 2 aromatic heterocycles. The normalized spacial score (nSPS) is 27.5. The lowest BCUT2D eigenvalue weighted by Gasteiger charge is -2.44. The number of ether oxygens (including phenoxy) is 1. The van der Waals surface area contributed by atoms with Crippen LogP contribution in [0.5, 0.6) is 5.75 Å². The number of pyridine rings is 2. The van der Waals surface area contributed by atoms with Crippen molar-refractivity contribution in [3.63, 3.8) is 0 Å². The van der Waals surface area contributed by atoms with Crippen molar-refractivity contribution in [2.24, 2.45) is 15.1 Å². The number of fused-ring (bicyclic) bond motifs is 1. The Balaban J connectivity index is 1.67. The smallest absolute Gasteiger partial charge is 0.387 e. The number of aromatic nitrogens is 2. The molecule has 34 heavy (non-hydrogen) atoms. The van der Waals surface area contributed by atoms with Crippen molar-refractivity contribution in [2.75, 3.05) is 11.9 Å². The number of anilines is 1. The van der Waals surface area contributed by atoms with Gasteiger partial charge in [0.15, 0.2) is 0 Å². The van der Waals surface area contributed by atoms with Gasteiger partial charge in [-0.3, -0.25) is 9.79 Å². The van der Waals surface area contributed by atoms with Gasteiger partial charge in [0.1, 0.15) is 44.9 Å². The maximum Gasteiger partial charge on any atom is 0.387 e. The Bertz CT molecular complexity index is 1290. The van der Waals surface area contributed by atoms with Gasteiger partial charge in [-0.1, -0.05) is 0 Å². The van der Waals surface area contributed by atoms with Crippen LogP contribution >= 0.6 is 0 Å². The molecular formula is C21H23F3N6O3S. The number of hydrogen-bond acceptors (Lipinski definition) is 8. The van der Waals surface area contributed by atoms with E-state index in [4.69, 9.17) is 5.73 Å². The molecule has 2 aromatic rings. The Morgan fingerprint density at radius 3 is 2.65 bits per heavy atom. The zero-order valence-corrected chi connectivity index (χ0v) is 19.4. The van der Waals surface area contributed by atoms with Gasteiger partial charge in [0.25, 0.3) is 5.91 Å². The summed E-state index contributed by atoms with van der Waals surface area (Å²) in [5.74, 6) is -1.52. The number of amidine groups is 1. The molecule has 2 aliphatic heterocycles.